The van der Waals surface area contributed by atoms with Crippen LogP contribution in [-0.2, 0) is 12.8 Å². The highest BCUT2D eigenvalue weighted by Gasteiger charge is 2.41. The second-order valence-electron chi connectivity index (χ2n) is 9.26. The van der Waals surface area contributed by atoms with Crippen LogP contribution in [-0.4, -0.2) is 32.7 Å². The van der Waals surface area contributed by atoms with Gasteiger partial charge in [0.15, 0.2) is 5.82 Å². The van der Waals surface area contributed by atoms with Gasteiger partial charge in [-0.1, -0.05) is 12.1 Å². The highest BCUT2D eigenvalue weighted by atomic mass is 19.1. The number of rotatable bonds is 2. The molecule has 0 bridgehead atoms. The van der Waals surface area contributed by atoms with Crippen LogP contribution in [0.5, 0.6) is 0 Å². The quantitative estimate of drug-likeness (QED) is 0.461. The number of hydrogen-bond acceptors (Lipinski definition) is 5. The summed E-state index contributed by atoms with van der Waals surface area (Å²) in [7, 11) is 0. The molecule has 6 nitrogen and oxygen atoms in total. The van der Waals surface area contributed by atoms with E-state index in [4.69, 9.17) is 4.98 Å². The maximum absolute atomic E-state index is 14.6. The highest BCUT2D eigenvalue weighted by Crippen LogP contribution is 2.45. The van der Waals surface area contributed by atoms with E-state index in [-0.39, 0.29) is 11.2 Å². The molecule has 0 unspecified atom stereocenters. The number of aryl methyl sites for hydroxylation is 1. The first kappa shape index (κ1) is 19.9. The lowest BCUT2D eigenvalue weighted by atomic mass is 9.76. The second kappa shape index (κ2) is 7.38. The van der Waals surface area contributed by atoms with Gasteiger partial charge in [0, 0.05) is 30.5 Å². The molecule has 1 aliphatic heterocycles. The van der Waals surface area contributed by atoms with Gasteiger partial charge in [0.2, 0.25) is 0 Å². The predicted molar refractivity (Wildman–Crippen MR) is 123 cm³/mol. The Morgan fingerprint density at radius 3 is 2.73 bits per heavy atom. The fraction of sp³-hybridized carbons (Fsp3) is 0.308. The summed E-state index contributed by atoms with van der Waals surface area (Å²) in [6.45, 7) is 3.71. The molecule has 0 radical (unpaired) electrons. The number of aromatic nitrogens is 4. The third-order valence-corrected chi connectivity index (χ3v) is 7.25. The van der Waals surface area contributed by atoms with Gasteiger partial charge in [-0.3, -0.25) is 4.98 Å². The van der Waals surface area contributed by atoms with Crippen molar-refractivity contribution >= 4 is 11.3 Å². The zero-order valence-electron chi connectivity index (χ0n) is 18.4. The molecule has 2 aliphatic rings. The lowest BCUT2D eigenvalue weighted by Crippen LogP contribution is -2.41. The SMILES string of the molecule is Cc1nc(N2CCC3(CC2)Cc2cc(C#N)cnc2C3)c2ccnn2c1-c1ccccc1F. The van der Waals surface area contributed by atoms with Crippen molar-refractivity contribution in [3.05, 3.63) is 77.1 Å². The lowest BCUT2D eigenvalue weighted by molar-refractivity contribution is 0.231. The molecule has 3 aromatic heterocycles. The van der Waals surface area contributed by atoms with E-state index < -0.39 is 0 Å². The minimum Gasteiger partial charge on any atom is -0.355 e. The van der Waals surface area contributed by atoms with Crippen LogP contribution in [0.25, 0.3) is 16.8 Å². The third-order valence-electron chi connectivity index (χ3n) is 7.25. The molecule has 0 saturated carbocycles. The van der Waals surface area contributed by atoms with Crippen LogP contribution in [0.15, 0.2) is 48.8 Å². The molecule has 1 fully saturated rings. The minimum absolute atomic E-state index is 0.207. The van der Waals surface area contributed by atoms with E-state index in [0.717, 1.165) is 61.5 Å². The smallest absolute Gasteiger partial charge is 0.155 e. The predicted octanol–water partition coefficient (Wildman–Crippen LogP) is 4.50. The number of pyridine rings is 1. The van der Waals surface area contributed by atoms with E-state index in [0.29, 0.717) is 16.8 Å². The van der Waals surface area contributed by atoms with Gasteiger partial charge in [0.05, 0.1) is 23.1 Å². The standard InChI is InChI=1S/C26H23FN6/c1-17-24(20-4-2-3-5-21(20)27)33-23(6-9-30-33)25(31-17)32-10-7-26(8-11-32)13-19-12-18(15-28)16-29-22(19)14-26/h2-6,9,12,16H,7-8,10-11,13-14H2,1H3. The maximum atomic E-state index is 14.6. The first-order valence-electron chi connectivity index (χ1n) is 11.3. The van der Waals surface area contributed by atoms with Crippen LogP contribution < -0.4 is 4.90 Å². The Morgan fingerprint density at radius 2 is 1.94 bits per heavy atom. The highest BCUT2D eigenvalue weighted by molar-refractivity contribution is 5.75. The first-order chi connectivity index (χ1) is 16.1. The molecule has 33 heavy (non-hydrogen) atoms. The Hall–Kier alpha value is -3.79. The van der Waals surface area contributed by atoms with Gasteiger partial charge in [-0.05, 0) is 67.9 Å². The van der Waals surface area contributed by atoms with Crippen molar-refractivity contribution in [2.45, 2.75) is 32.6 Å². The van der Waals surface area contributed by atoms with Crippen LogP contribution in [0.2, 0.25) is 0 Å². The van der Waals surface area contributed by atoms with Crippen molar-refractivity contribution in [3.8, 4) is 17.3 Å². The maximum Gasteiger partial charge on any atom is 0.155 e. The number of nitriles is 1. The van der Waals surface area contributed by atoms with E-state index >= 15 is 0 Å². The Kier molecular flexibility index (Phi) is 4.44. The molecule has 0 atom stereocenters. The summed E-state index contributed by atoms with van der Waals surface area (Å²) in [5, 5.41) is 13.7. The van der Waals surface area contributed by atoms with Crippen LogP contribution in [0.4, 0.5) is 10.2 Å². The molecule has 0 N–H and O–H groups in total. The topological polar surface area (TPSA) is 70.1 Å². The van der Waals surface area contributed by atoms with Crippen molar-refractivity contribution in [1.29, 1.82) is 5.26 Å². The van der Waals surface area contributed by atoms with E-state index in [1.807, 2.05) is 29.6 Å². The van der Waals surface area contributed by atoms with Gasteiger partial charge >= 0.3 is 0 Å². The lowest BCUT2D eigenvalue weighted by Gasteiger charge is -2.40. The summed E-state index contributed by atoms with van der Waals surface area (Å²) in [4.78, 5) is 11.8. The van der Waals surface area contributed by atoms with Crippen molar-refractivity contribution in [3.63, 3.8) is 0 Å². The number of piperidine rings is 1. The Morgan fingerprint density at radius 1 is 1.12 bits per heavy atom. The fourth-order valence-electron chi connectivity index (χ4n) is 5.55. The van der Waals surface area contributed by atoms with Gasteiger partial charge in [-0.15, -0.1) is 0 Å². The summed E-state index contributed by atoms with van der Waals surface area (Å²) >= 11 is 0. The van der Waals surface area contributed by atoms with Gasteiger partial charge in [0.1, 0.15) is 17.4 Å². The summed E-state index contributed by atoms with van der Waals surface area (Å²) in [5.41, 5.74) is 6.06. The molecule has 4 aromatic rings. The largest absolute Gasteiger partial charge is 0.355 e. The zero-order chi connectivity index (χ0) is 22.6. The Balaban J connectivity index is 1.30. The zero-order valence-corrected chi connectivity index (χ0v) is 18.4. The average Bonchev–Trinajstić information content (AvgIpc) is 3.44. The summed E-state index contributed by atoms with van der Waals surface area (Å²) in [6, 6.07) is 12.9. The van der Waals surface area contributed by atoms with Crippen LogP contribution in [0, 0.1) is 29.5 Å². The summed E-state index contributed by atoms with van der Waals surface area (Å²) < 4.78 is 16.4. The number of anilines is 1. The normalized spacial score (nSPS) is 16.8. The van der Waals surface area contributed by atoms with Crippen molar-refractivity contribution < 1.29 is 4.39 Å². The first-order valence-corrected chi connectivity index (χ1v) is 11.3. The average molecular weight is 439 g/mol. The third kappa shape index (κ3) is 3.17. The van der Waals surface area contributed by atoms with Gasteiger partial charge < -0.3 is 4.90 Å². The fourth-order valence-corrected chi connectivity index (χ4v) is 5.55. The van der Waals surface area contributed by atoms with Crippen molar-refractivity contribution in [1.82, 2.24) is 19.6 Å². The molecule has 7 heteroatoms. The molecular formula is C26H23FN6. The number of nitrogens with zero attached hydrogens (tertiary/aromatic N) is 6. The Bertz CT molecular complexity index is 1420. The van der Waals surface area contributed by atoms with Crippen LogP contribution in [0.1, 0.15) is 35.4 Å². The molecule has 1 saturated heterocycles. The summed E-state index contributed by atoms with van der Waals surface area (Å²) in [5.74, 6) is 0.626. The summed E-state index contributed by atoms with van der Waals surface area (Å²) in [6.07, 6.45) is 7.49. The number of fused-ring (bicyclic) bond motifs is 2. The van der Waals surface area contributed by atoms with Gasteiger partial charge in [0.25, 0.3) is 0 Å². The molecular weight excluding hydrogens is 415 g/mol. The molecule has 164 valence electrons. The van der Waals surface area contributed by atoms with Crippen molar-refractivity contribution in [2.75, 3.05) is 18.0 Å². The second-order valence-corrected chi connectivity index (χ2v) is 9.26. The number of halogens is 1. The van der Waals surface area contributed by atoms with Gasteiger partial charge in [-0.25, -0.2) is 13.9 Å². The number of benzene rings is 1. The molecule has 1 aromatic carbocycles. The molecule has 6 rings (SSSR count). The van der Waals surface area contributed by atoms with Crippen molar-refractivity contribution in [2.24, 2.45) is 5.41 Å². The van der Waals surface area contributed by atoms with Crippen LogP contribution in [0.3, 0.4) is 0 Å². The Labute approximate surface area is 191 Å². The number of hydrogen-bond donors (Lipinski definition) is 0. The van der Waals surface area contributed by atoms with E-state index in [1.54, 1.807) is 24.5 Å². The van der Waals surface area contributed by atoms with Gasteiger partial charge in [-0.2, -0.15) is 10.4 Å². The molecule has 1 spiro atoms. The van der Waals surface area contributed by atoms with E-state index in [2.05, 4.69) is 21.1 Å². The molecule has 1 aliphatic carbocycles. The van der Waals surface area contributed by atoms with E-state index in [1.165, 1.54) is 11.6 Å². The molecule has 0 amide bonds. The van der Waals surface area contributed by atoms with E-state index in [9.17, 15) is 9.65 Å². The molecule has 4 heterocycles. The monoisotopic (exact) mass is 438 g/mol. The van der Waals surface area contributed by atoms with Crippen LogP contribution >= 0.6 is 0 Å². The minimum atomic E-state index is -0.277.